The van der Waals surface area contributed by atoms with E-state index in [4.69, 9.17) is 2.74 Å². The van der Waals surface area contributed by atoms with Crippen LogP contribution in [-0.2, 0) is 14.3 Å². The maximum Gasteiger partial charge on any atom is 0.264 e. The quantitative estimate of drug-likeness (QED) is 0.488. The molecule has 0 saturated carbocycles. The first-order valence-corrected chi connectivity index (χ1v) is 3.43. The summed E-state index contributed by atoms with van der Waals surface area (Å²) in [6.07, 6.45) is 0.800. The fraction of sp³-hybridized carbons (Fsp3) is 1.00. The number of hydrogen-bond acceptors (Lipinski definition) is 3. The molecule has 0 unspecified atom stereocenters. The molecule has 0 saturated heterocycles. The maximum atomic E-state index is 10.2. The Kier molecular flexibility index (Phi) is 1.25. The van der Waals surface area contributed by atoms with E-state index in [0.29, 0.717) is 0 Å². The average molecular weight is 126 g/mol. The largest absolute Gasteiger partial charge is 0.271 e. The van der Waals surface area contributed by atoms with Crippen LogP contribution in [0.15, 0.2) is 0 Å². The standard InChI is InChI=1S/C3H8O3S/c1-3-6-7(2,4)5/h3H2,1-2H3/i3D2. The molecule has 0 aliphatic carbocycles. The van der Waals surface area contributed by atoms with Gasteiger partial charge in [-0.1, -0.05) is 0 Å². The Labute approximate surface area is 46.2 Å². The summed E-state index contributed by atoms with van der Waals surface area (Å²) in [5.41, 5.74) is 0. The Morgan fingerprint density at radius 1 is 1.86 bits per heavy atom. The van der Waals surface area contributed by atoms with Gasteiger partial charge in [-0.3, -0.25) is 4.18 Å². The van der Waals surface area contributed by atoms with Gasteiger partial charge in [-0.15, -0.1) is 0 Å². The predicted molar refractivity (Wildman–Crippen MR) is 26.5 cm³/mol. The molecule has 0 aliphatic heterocycles. The Morgan fingerprint density at radius 2 is 2.29 bits per heavy atom. The topological polar surface area (TPSA) is 43.4 Å². The van der Waals surface area contributed by atoms with Crippen LogP contribution in [0.1, 0.15) is 9.67 Å². The van der Waals surface area contributed by atoms with Crippen LogP contribution in [0.4, 0.5) is 0 Å². The SMILES string of the molecule is [2H]C([2H])(C)OS(C)(=O)=O. The van der Waals surface area contributed by atoms with Crippen LogP contribution in [0.5, 0.6) is 0 Å². The van der Waals surface area contributed by atoms with Crippen LogP contribution < -0.4 is 0 Å². The van der Waals surface area contributed by atoms with Gasteiger partial charge in [0.2, 0.25) is 0 Å². The summed E-state index contributed by atoms with van der Waals surface area (Å²) >= 11 is 0. The van der Waals surface area contributed by atoms with Crippen LogP contribution in [0.2, 0.25) is 0 Å². The van der Waals surface area contributed by atoms with Gasteiger partial charge in [0.25, 0.3) is 10.1 Å². The second kappa shape index (κ2) is 2.28. The minimum Gasteiger partial charge on any atom is -0.271 e. The molecule has 0 heterocycles. The van der Waals surface area contributed by atoms with Gasteiger partial charge < -0.3 is 0 Å². The Balaban J connectivity index is 4.07. The van der Waals surface area contributed by atoms with Gasteiger partial charge in [-0.25, -0.2) is 0 Å². The molecular weight excluding hydrogens is 116 g/mol. The molecular formula is C3H8O3S. The van der Waals surface area contributed by atoms with E-state index in [1.165, 1.54) is 0 Å². The molecule has 0 rings (SSSR count). The number of hydrogen-bond donors (Lipinski definition) is 0. The molecule has 0 bridgehead atoms. The molecule has 4 heteroatoms. The lowest BCUT2D eigenvalue weighted by Gasteiger charge is -1.90. The predicted octanol–water partition coefficient (Wildman–Crippen LogP) is -0.0175. The summed E-state index contributed by atoms with van der Waals surface area (Å²) in [7, 11) is -3.66. The summed E-state index contributed by atoms with van der Waals surface area (Å²) in [5, 5.41) is 0. The van der Waals surface area contributed by atoms with Crippen LogP contribution in [0, 0.1) is 0 Å². The number of rotatable bonds is 2. The second-order valence-corrected chi connectivity index (χ2v) is 2.57. The molecule has 0 fully saturated rings. The molecule has 0 radical (unpaired) electrons. The smallest absolute Gasteiger partial charge is 0.264 e. The molecule has 0 N–H and O–H groups in total. The van der Waals surface area contributed by atoms with Crippen molar-refractivity contribution in [1.29, 1.82) is 0 Å². The highest BCUT2D eigenvalue weighted by Crippen LogP contribution is 1.81. The Hall–Kier alpha value is -0.0900. The van der Waals surface area contributed by atoms with Crippen molar-refractivity contribution in [2.24, 2.45) is 0 Å². The lowest BCUT2D eigenvalue weighted by Crippen LogP contribution is -2.00. The van der Waals surface area contributed by atoms with Crippen LogP contribution in [0.3, 0.4) is 0 Å². The highest BCUT2D eigenvalue weighted by Gasteiger charge is 1.94. The van der Waals surface area contributed by atoms with Gasteiger partial charge in [0.05, 0.1) is 15.6 Å². The first kappa shape index (κ1) is 3.86. The van der Waals surface area contributed by atoms with Crippen molar-refractivity contribution in [2.75, 3.05) is 12.8 Å². The van der Waals surface area contributed by atoms with Gasteiger partial charge in [-0.05, 0) is 6.92 Å². The van der Waals surface area contributed by atoms with E-state index < -0.39 is 16.7 Å². The normalized spacial score (nSPS) is 18.0. The zero-order valence-corrected chi connectivity index (χ0v) is 4.95. The van der Waals surface area contributed by atoms with Crippen molar-refractivity contribution in [3.63, 3.8) is 0 Å². The maximum absolute atomic E-state index is 10.2. The van der Waals surface area contributed by atoms with Crippen molar-refractivity contribution >= 4 is 10.1 Å². The fourth-order valence-electron chi connectivity index (χ4n) is 0.151. The third-order valence-corrected chi connectivity index (χ3v) is 0.704. The summed E-state index contributed by atoms with van der Waals surface area (Å²) in [6.45, 7) is -1.08. The molecule has 0 aromatic carbocycles. The minimum absolute atomic E-state index is 0.800. The lowest BCUT2D eigenvalue weighted by molar-refractivity contribution is 0.342. The third kappa shape index (κ3) is 5.91. The van der Waals surface area contributed by atoms with Crippen molar-refractivity contribution in [2.45, 2.75) is 6.92 Å². The van der Waals surface area contributed by atoms with E-state index in [-0.39, 0.29) is 0 Å². The van der Waals surface area contributed by atoms with E-state index >= 15 is 0 Å². The highest BCUT2D eigenvalue weighted by atomic mass is 32.2. The van der Waals surface area contributed by atoms with Crippen LogP contribution in [-0.4, -0.2) is 21.2 Å². The monoisotopic (exact) mass is 126 g/mol. The van der Waals surface area contributed by atoms with Crippen LogP contribution in [0.25, 0.3) is 0 Å². The Bertz CT molecular complexity index is 178. The van der Waals surface area contributed by atoms with E-state index in [1.54, 1.807) is 0 Å². The summed E-state index contributed by atoms with van der Waals surface area (Å²) in [4.78, 5) is 0. The van der Waals surface area contributed by atoms with E-state index in [9.17, 15) is 8.42 Å². The second-order valence-electron chi connectivity index (χ2n) is 0.992. The lowest BCUT2D eigenvalue weighted by atomic mass is 10.9. The summed E-state index contributed by atoms with van der Waals surface area (Å²) in [5.74, 6) is 0. The van der Waals surface area contributed by atoms with Gasteiger partial charge in [-0.2, -0.15) is 8.42 Å². The molecule has 7 heavy (non-hydrogen) atoms. The molecule has 0 amide bonds. The molecule has 0 atom stereocenters. The fourth-order valence-corrected chi connectivity index (χ4v) is 0.454. The van der Waals surface area contributed by atoms with Gasteiger partial charge in [0, 0.05) is 0 Å². The third-order valence-electron chi connectivity index (χ3n) is 0.235. The van der Waals surface area contributed by atoms with Gasteiger partial charge in [0.15, 0.2) is 0 Å². The van der Waals surface area contributed by atoms with E-state index in [1.807, 2.05) is 0 Å². The molecule has 0 aromatic heterocycles. The van der Waals surface area contributed by atoms with Gasteiger partial charge in [0.1, 0.15) is 0 Å². The van der Waals surface area contributed by atoms with Crippen LogP contribution >= 0.6 is 0 Å². The first-order chi connectivity index (χ1) is 3.71. The minimum atomic E-state index is -3.66. The molecule has 44 valence electrons. The van der Waals surface area contributed by atoms with Crippen molar-refractivity contribution in [3.05, 3.63) is 0 Å². The Morgan fingerprint density at radius 3 is 2.29 bits per heavy atom. The van der Waals surface area contributed by atoms with Crippen molar-refractivity contribution < 1.29 is 15.3 Å². The molecule has 0 spiro atoms. The molecule has 0 aliphatic rings. The highest BCUT2D eigenvalue weighted by molar-refractivity contribution is 7.85. The summed E-state index contributed by atoms with van der Waals surface area (Å²) < 4.78 is 37.6. The summed E-state index contributed by atoms with van der Waals surface area (Å²) in [6, 6.07) is 0. The van der Waals surface area contributed by atoms with Crippen molar-refractivity contribution in [1.82, 2.24) is 0 Å². The average Bonchev–Trinajstić information content (AvgIpc) is 1.14. The van der Waals surface area contributed by atoms with E-state index in [0.717, 1.165) is 13.2 Å². The molecule has 0 aromatic rings. The van der Waals surface area contributed by atoms with E-state index in [2.05, 4.69) is 4.18 Å². The zero-order valence-electron chi connectivity index (χ0n) is 6.13. The first-order valence-electron chi connectivity index (χ1n) is 2.61. The van der Waals surface area contributed by atoms with Crippen molar-refractivity contribution in [3.8, 4) is 0 Å². The zero-order chi connectivity index (χ0) is 7.71. The van der Waals surface area contributed by atoms with Gasteiger partial charge >= 0.3 is 0 Å². The molecule has 3 nitrogen and oxygen atoms in total.